The average Bonchev–Trinajstić information content (AvgIpc) is 3.38. The maximum Gasteiger partial charge on any atom is 0.331 e. The first-order chi connectivity index (χ1) is 14.6. The smallest absolute Gasteiger partial charge is 0.331 e. The van der Waals surface area contributed by atoms with Gasteiger partial charge in [0.15, 0.2) is 23.0 Å². The summed E-state index contributed by atoms with van der Waals surface area (Å²) in [6, 6.07) is 5.37. The second-order valence-corrected chi connectivity index (χ2v) is 6.96. The fraction of sp³-hybridized carbons (Fsp3) is 0.368. The average molecular weight is 435 g/mol. The number of amides is 1. The van der Waals surface area contributed by atoms with Gasteiger partial charge in [0.05, 0.1) is 45.2 Å². The molecule has 11 heteroatoms. The molecule has 0 aromatic heterocycles. The number of methoxy groups -OCH3 is 2. The maximum absolute atomic E-state index is 11.8. The van der Waals surface area contributed by atoms with Crippen LogP contribution >= 0.6 is 11.8 Å². The lowest BCUT2D eigenvalue weighted by Crippen LogP contribution is -2.19. The molecule has 0 unspecified atom stereocenters. The number of nitrogens with zero attached hydrogens (tertiary/aromatic N) is 2. The van der Waals surface area contributed by atoms with Crippen LogP contribution in [0.3, 0.4) is 0 Å². The molecule has 0 saturated carbocycles. The molecule has 2 aliphatic heterocycles. The first-order valence-electron chi connectivity index (χ1n) is 9.03. The Labute approximate surface area is 177 Å². The minimum atomic E-state index is -0.621. The summed E-state index contributed by atoms with van der Waals surface area (Å²) in [6.07, 6.45) is 2.90. The largest absolute Gasteiger partial charge is 0.493 e. The Balaban J connectivity index is 1.67. The predicted octanol–water partition coefficient (Wildman–Crippen LogP) is 1.45. The normalized spacial score (nSPS) is 19.6. The lowest BCUT2D eigenvalue weighted by atomic mass is 10.2. The van der Waals surface area contributed by atoms with E-state index in [-0.39, 0.29) is 16.4 Å². The second-order valence-electron chi connectivity index (χ2n) is 5.92. The van der Waals surface area contributed by atoms with Gasteiger partial charge in [0.1, 0.15) is 0 Å². The summed E-state index contributed by atoms with van der Waals surface area (Å²) in [7, 11) is 2.78. The number of hydrogen-bond acceptors (Lipinski definition) is 10. The van der Waals surface area contributed by atoms with E-state index in [1.807, 2.05) is 0 Å². The summed E-state index contributed by atoms with van der Waals surface area (Å²) in [4.78, 5) is 23.3. The molecule has 2 aliphatic rings. The Hall–Kier alpha value is -2.89. The van der Waals surface area contributed by atoms with Crippen LogP contribution in [0.4, 0.5) is 0 Å². The molecule has 0 spiro atoms. The Bertz CT molecular complexity index is 879. The molecule has 0 atom stereocenters. The molecule has 1 amide bonds. The molecule has 2 saturated heterocycles. The summed E-state index contributed by atoms with van der Waals surface area (Å²) in [6.45, 7) is 1.54. The van der Waals surface area contributed by atoms with Crippen molar-refractivity contribution in [2.24, 2.45) is 10.2 Å². The number of ether oxygens (including phenoxy) is 5. The highest BCUT2D eigenvalue weighted by Crippen LogP contribution is 2.30. The molecule has 0 aliphatic carbocycles. The summed E-state index contributed by atoms with van der Waals surface area (Å²) in [5.41, 5.74) is 0.645. The molecule has 0 radical (unpaired) electrons. The number of hydrogen-bond donors (Lipinski definition) is 1. The van der Waals surface area contributed by atoms with Crippen LogP contribution in [-0.2, 0) is 23.8 Å². The van der Waals surface area contributed by atoms with Gasteiger partial charge in [0.2, 0.25) is 0 Å². The zero-order chi connectivity index (χ0) is 21.3. The number of carbonyl (C=O) groups is 2. The molecule has 30 heavy (non-hydrogen) atoms. The van der Waals surface area contributed by atoms with Crippen LogP contribution in [0.1, 0.15) is 12.0 Å². The predicted molar refractivity (Wildman–Crippen MR) is 110 cm³/mol. The second kappa shape index (κ2) is 10.8. The van der Waals surface area contributed by atoms with Gasteiger partial charge in [-0.2, -0.15) is 5.10 Å². The number of nitrogens with one attached hydrogen (secondary N) is 1. The molecular formula is C19H21N3O7S. The van der Waals surface area contributed by atoms with Gasteiger partial charge < -0.3 is 23.7 Å². The van der Waals surface area contributed by atoms with Crippen LogP contribution in [0.2, 0.25) is 0 Å². The third-order valence-corrected chi connectivity index (χ3v) is 4.87. The Kier molecular flexibility index (Phi) is 7.82. The van der Waals surface area contributed by atoms with Gasteiger partial charge in [-0.25, -0.2) is 4.79 Å². The maximum atomic E-state index is 11.8. The zero-order valence-electron chi connectivity index (χ0n) is 16.5. The summed E-state index contributed by atoms with van der Waals surface area (Å²) in [5, 5.41) is 10.8. The van der Waals surface area contributed by atoms with Gasteiger partial charge >= 0.3 is 5.97 Å². The molecule has 1 aromatic rings. The van der Waals surface area contributed by atoms with Crippen LogP contribution in [0.15, 0.2) is 39.4 Å². The van der Waals surface area contributed by atoms with Crippen molar-refractivity contribution in [2.75, 3.05) is 34.0 Å². The monoisotopic (exact) mass is 435 g/mol. The fourth-order valence-corrected chi connectivity index (χ4v) is 3.30. The fourth-order valence-electron chi connectivity index (χ4n) is 2.57. The number of carbonyl (C=O) groups excluding carboxylic acids is 2. The number of esters is 1. The minimum absolute atomic E-state index is 0.178. The van der Waals surface area contributed by atoms with E-state index in [1.54, 1.807) is 25.3 Å². The number of thioether (sulfide) groups is 1. The molecule has 160 valence electrons. The Morgan fingerprint density at radius 3 is 2.87 bits per heavy atom. The standard InChI is InChI=1S/C19H21N3O7S/c1-25-13-5-3-4-12(17(13)29-7-6-16-27-8-9-28-16)11-20-22-19-21-18(24)14(30-19)10-15(23)26-2/h3-5,10-11,16H,6-9H2,1-2H3,(H,21,22,24)/b14-10+,20-11?. The highest BCUT2D eigenvalue weighted by atomic mass is 32.2. The highest BCUT2D eigenvalue weighted by molar-refractivity contribution is 8.18. The molecule has 0 bridgehead atoms. The van der Waals surface area contributed by atoms with Crippen molar-refractivity contribution in [3.63, 3.8) is 0 Å². The lowest BCUT2D eigenvalue weighted by Gasteiger charge is -2.14. The van der Waals surface area contributed by atoms with Gasteiger partial charge in [0, 0.05) is 18.1 Å². The van der Waals surface area contributed by atoms with E-state index < -0.39 is 11.9 Å². The summed E-state index contributed by atoms with van der Waals surface area (Å²) in [5.74, 6) is -0.00637. The molecule has 3 rings (SSSR count). The van der Waals surface area contributed by atoms with Crippen molar-refractivity contribution in [1.29, 1.82) is 0 Å². The molecule has 2 fully saturated rings. The quantitative estimate of drug-likeness (QED) is 0.282. The van der Waals surface area contributed by atoms with Crippen LogP contribution in [0.5, 0.6) is 11.5 Å². The molecule has 1 N–H and O–H groups in total. The summed E-state index contributed by atoms with van der Waals surface area (Å²) >= 11 is 0.990. The first-order valence-corrected chi connectivity index (χ1v) is 9.85. The Morgan fingerprint density at radius 2 is 2.13 bits per heavy atom. The number of benzene rings is 1. The van der Waals surface area contributed by atoms with E-state index in [2.05, 4.69) is 20.3 Å². The topological polar surface area (TPSA) is 117 Å². The van der Waals surface area contributed by atoms with Crippen LogP contribution in [0.25, 0.3) is 0 Å². The van der Waals surface area contributed by atoms with E-state index >= 15 is 0 Å². The number of amidine groups is 1. The van der Waals surface area contributed by atoms with E-state index in [4.69, 9.17) is 18.9 Å². The first kappa shape index (κ1) is 21.8. The molecule has 2 heterocycles. The van der Waals surface area contributed by atoms with Crippen LogP contribution < -0.4 is 14.8 Å². The minimum Gasteiger partial charge on any atom is -0.493 e. The SMILES string of the molecule is COC(=O)/C=C1/S/C(=N\N=Cc2cccc(OC)c2OCCC2OCCO2)NC1=O. The van der Waals surface area contributed by atoms with Crippen molar-refractivity contribution < 1.29 is 33.3 Å². The van der Waals surface area contributed by atoms with Crippen molar-refractivity contribution in [3.05, 3.63) is 34.7 Å². The lowest BCUT2D eigenvalue weighted by molar-refractivity contribution is -0.135. The summed E-state index contributed by atoms with van der Waals surface area (Å²) < 4.78 is 26.6. The van der Waals surface area contributed by atoms with Gasteiger partial charge in [-0.15, -0.1) is 5.10 Å². The van der Waals surface area contributed by atoms with Crippen LogP contribution in [-0.4, -0.2) is 63.6 Å². The Morgan fingerprint density at radius 1 is 1.33 bits per heavy atom. The highest BCUT2D eigenvalue weighted by Gasteiger charge is 2.25. The third kappa shape index (κ3) is 5.81. The third-order valence-electron chi connectivity index (χ3n) is 3.97. The van der Waals surface area contributed by atoms with E-state index in [9.17, 15) is 9.59 Å². The van der Waals surface area contributed by atoms with Gasteiger partial charge in [-0.3, -0.25) is 10.1 Å². The van der Waals surface area contributed by atoms with Gasteiger partial charge in [0.25, 0.3) is 5.91 Å². The number of rotatable bonds is 8. The molecular weight excluding hydrogens is 414 g/mol. The number of para-hydroxylation sites is 1. The van der Waals surface area contributed by atoms with E-state index in [1.165, 1.54) is 13.3 Å². The van der Waals surface area contributed by atoms with Crippen molar-refractivity contribution in [1.82, 2.24) is 5.32 Å². The van der Waals surface area contributed by atoms with Crippen LogP contribution in [0, 0.1) is 0 Å². The van der Waals surface area contributed by atoms with E-state index in [0.29, 0.717) is 43.3 Å². The molecule has 1 aromatic carbocycles. The molecule has 10 nitrogen and oxygen atoms in total. The van der Waals surface area contributed by atoms with Crippen molar-refractivity contribution in [3.8, 4) is 11.5 Å². The van der Waals surface area contributed by atoms with Crippen molar-refractivity contribution in [2.45, 2.75) is 12.7 Å². The van der Waals surface area contributed by atoms with Gasteiger partial charge in [-0.1, -0.05) is 6.07 Å². The van der Waals surface area contributed by atoms with E-state index in [0.717, 1.165) is 17.8 Å². The van der Waals surface area contributed by atoms with Crippen molar-refractivity contribution >= 4 is 35.0 Å². The van der Waals surface area contributed by atoms with Gasteiger partial charge in [-0.05, 0) is 23.9 Å². The zero-order valence-corrected chi connectivity index (χ0v) is 17.3.